The third-order valence-corrected chi connectivity index (χ3v) is 4.74. The molecule has 7 nitrogen and oxygen atoms in total. The van der Waals surface area contributed by atoms with E-state index in [4.69, 9.17) is 14.2 Å². The molecule has 1 aromatic carbocycles. The average Bonchev–Trinajstić information content (AvgIpc) is 3.36. The summed E-state index contributed by atoms with van der Waals surface area (Å²) >= 11 is 1.58. The molecule has 2 N–H and O–H groups in total. The lowest BCUT2D eigenvalue weighted by atomic mass is 10.1. The first kappa shape index (κ1) is 17.8. The van der Waals surface area contributed by atoms with Gasteiger partial charge in [-0.05, 0) is 17.5 Å². The van der Waals surface area contributed by atoms with Gasteiger partial charge in [0, 0.05) is 12.1 Å². The van der Waals surface area contributed by atoms with E-state index < -0.39 is 0 Å². The fraction of sp³-hybridized carbons (Fsp3) is 0.222. The van der Waals surface area contributed by atoms with Crippen molar-refractivity contribution in [2.24, 2.45) is 0 Å². The second kappa shape index (κ2) is 7.92. The summed E-state index contributed by atoms with van der Waals surface area (Å²) in [6, 6.07) is 9.13. The lowest BCUT2D eigenvalue weighted by Crippen LogP contribution is -2.23. The van der Waals surface area contributed by atoms with Crippen LogP contribution in [-0.4, -0.2) is 37.4 Å². The molecule has 26 heavy (non-hydrogen) atoms. The minimum atomic E-state index is -0.288. The standard InChI is InChI=1S/C18H19N3O4S/c1-23-11-7-15(24-2)12(16(8-11)25-3)10-19-18(22)14-9-13(20-21-14)17-5-4-6-26-17/h4-9H,10H2,1-3H3,(H,19,22)(H,20,21). The fourth-order valence-electron chi connectivity index (χ4n) is 2.51. The van der Waals surface area contributed by atoms with Crippen LogP contribution < -0.4 is 19.5 Å². The Labute approximate surface area is 154 Å². The smallest absolute Gasteiger partial charge is 0.272 e. The van der Waals surface area contributed by atoms with Crippen LogP contribution in [0.25, 0.3) is 10.6 Å². The molecular weight excluding hydrogens is 354 g/mol. The number of carbonyl (C=O) groups is 1. The van der Waals surface area contributed by atoms with Crippen LogP contribution in [0.15, 0.2) is 35.7 Å². The molecule has 3 aromatic rings. The lowest BCUT2D eigenvalue weighted by Gasteiger charge is -2.15. The summed E-state index contributed by atoms with van der Waals surface area (Å²) in [4.78, 5) is 13.4. The molecule has 8 heteroatoms. The van der Waals surface area contributed by atoms with Gasteiger partial charge in [-0.25, -0.2) is 0 Å². The maximum absolute atomic E-state index is 12.4. The molecule has 0 fully saturated rings. The summed E-state index contributed by atoms with van der Waals surface area (Å²) in [7, 11) is 4.68. The normalized spacial score (nSPS) is 10.4. The number of hydrogen-bond acceptors (Lipinski definition) is 6. The number of nitrogens with zero attached hydrogens (tertiary/aromatic N) is 1. The average molecular weight is 373 g/mol. The number of methoxy groups -OCH3 is 3. The Hall–Kier alpha value is -3.00. The molecule has 3 rings (SSSR count). The van der Waals surface area contributed by atoms with Crippen LogP contribution in [0, 0.1) is 0 Å². The van der Waals surface area contributed by atoms with E-state index >= 15 is 0 Å². The molecule has 0 saturated carbocycles. The Bertz CT molecular complexity index is 865. The summed E-state index contributed by atoms with van der Waals surface area (Å²) in [5, 5.41) is 11.8. The molecule has 1 amide bonds. The van der Waals surface area contributed by atoms with Crippen molar-refractivity contribution in [3.8, 4) is 27.8 Å². The molecule has 0 spiro atoms. The SMILES string of the molecule is COc1cc(OC)c(CNC(=O)c2cc(-c3cccs3)[nH]n2)c(OC)c1. The van der Waals surface area contributed by atoms with Crippen LogP contribution in [0.3, 0.4) is 0 Å². The molecule has 0 bridgehead atoms. The van der Waals surface area contributed by atoms with E-state index in [9.17, 15) is 4.79 Å². The monoisotopic (exact) mass is 373 g/mol. The van der Waals surface area contributed by atoms with Crippen LogP contribution in [0.1, 0.15) is 16.1 Å². The van der Waals surface area contributed by atoms with Gasteiger partial charge >= 0.3 is 0 Å². The van der Waals surface area contributed by atoms with Gasteiger partial charge in [0.05, 0.1) is 44.0 Å². The number of hydrogen-bond donors (Lipinski definition) is 2. The Kier molecular flexibility index (Phi) is 5.43. The first-order valence-electron chi connectivity index (χ1n) is 7.82. The van der Waals surface area contributed by atoms with Gasteiger partial charge in [-0.1, -0.05) is 6.07 Å². The second-order valence-electron chi connectivity index (χ2n) is 5.34. The number of nitrogens with one attached hydrogen (secondary N) is 2. The number of aromatic nitrogens is 2. The number of ether oxygens (including phenoxy) is 3. The van der Waals surface area contributed by atoms with Gasteiger partial charge in [0.15, 0.2) is 5.69 Å². The van der Waals surface area contributed by atoms with E-state index in [1.54, 1.807) is 50.9 Å². The third kappa shape index (κ3) is 3.65. The van der Waals surface area contributed by atoms with Crippen LogP contribution in [0.2, 0.25) is 0 Å². The van der Waals surface area contributed by atoms with E-state index in [-0.39, 0.29) is 12.5 Å². The first-order valence-corrected chi connectivity index (χ1v) is 8.70. The molecule has 0 aliphatic carbocycles. The van der Waals surface area contributed by atoms with Crippen molar-refractivity contribution in [2.45, 2.75) is 6.54 Å². The minimum Gasteiger partial charge on any atom is -0.496 e. The Morgan fingerprint density at radius 3 is 2.46 bits per heavy atom. The maximum Gasteiger partial charge on any atom is 0.272 e. The van der Waals surface area contributed by atoms with Gasteiger partial charge in [0.25, 0.3) is 5.91 Å². The predicted octanol–water partition coefficient (Wildman–Crippen LogP) is 3.09. The van der Waals surface area contributed by atoms with Crippen molar-refractivity contribution >= 4 is 17.2 Å². The number of rotatable bonds is 7. The molecule has 0 aliphatic rings. The third-order valence-electron chi connectivity index (χ3n) is 3.84. The summed E-state index contributed by atoms with van der Waals surface area (Å²) in [5.74, 6) is 1.47. The van der Waals surface area contributed by atoms with Crippen LogP contribution in [0.4, 0.5) is 0 Å². The second-order valence-corrected chi connectivity index (χ2v) is 6.29. The van der Waals surface area contributed by atoms with Gasteiger partial charge in [-0.3, -0.25) is 9.89 Å². The van der Waals surface area contributed by atoms with Crippen LogP contribution in [0.5, 0.6) is 17.2 Å². The summed E-state index contributed by atoms with van der Waals surface area (Å²) in [5.41, 5.74) is 1.85. The molecule has 0 radical (unpaired) electrons. The van der Waals surface area contributed by atoms with Gasteiger partial charge in [-0.2, -0.15) is 5.10 Å². The quantitative estimate of drug-likeness (QED) is 0.665. The molecule has 136 valence electrons. The van der Waals surface area contributed by atoms with Crippen molar-refractivity contribution in [2.75, 3.05) is 21.3 Å². The molecule has 2 heterocycles. The highest BCUT2D eigenvalue weighted by molar-refractivity contribution is 7.13. The van der Waals surface area contributed by atoms with Crippen LogP contribution >= 0.6 is 11.3 Å². The van der Waals surface area contributed by atoms with E-state index in [1.165, 1.54) is 0 Å². The van der Waals surface area contributed by atoms with Crippen molar-refractivity contribution < 1.29 is 19.0 Å². The highest BCUT2D eigenvalue weighted by Gasteiger charge is 2.16. The summed E-state index contributed by atoms with van der Waals surface area (Å²) in [6.45, 7) is 0.233. The van der Waals surface area contributed by atoms with Gasteiger partial charge in [0.2, 0.25) is 0 Å². The fourth-order valence-corrected chi connectivity index (χ4v) is 3.20. The van der Waals surface area contributed by atoms with Crippen molar-refractivity contribution in [1.29, 1.82) is 0 Å². The summed E-state index contributed by atoms with van der Waals surface area (Å²) in [6.07, 6.45) is 0. The Balaban J connectivity index is 1.75. The first-order chi connectivity index (χ1) is 12.7. The highest BCUT2D eigenvalue weighted by atomic mass is 32.1. The molecule has 2 aromatic heterocycles. The number of thiophene rings is 1. The zero-order chi connectivity index (χ0) is 18.5. The van der Waals surface area contributed by atoms with Crippen LogP contribution in [-0.2, 0) is 6.54 Å². The zero-order valence-electron chi connectivity index (χ0n) is 14.7. The summed E-state index contributed by atoms with van der Waals surface area (Å²) < 4.78 is 16.0. The topological polar surface area (TPSA) is 85.5 Å². The molecular formula is C18H19N3O4S. The molecule has 0 aliphatic heterocycles. The maximum atomic E-state index is 12.4. The number of aromatic amines is 1. The van der Waals surface area contributed by atoms with E-state index in [0.717, 1.165) is 16.1 Å². The van der Waals surface area contributed by atoms with E-state index in [0.29, 0.717) is 22.9 Å². The van der Waals surface area contributed by atoms with Gasteiger partial charge in [-0.15, -0.1) is 11.3 Å². The number of H-pyrrole nitrogens is 1. The van der Waals surface area contributed by atoms with E-state index in [2.05, 4.69) is 15.5 Å². The molecule has 0 saturated heterocycles. The van der Waals surface area contributed by atoms with Gasteiger partial charge < -0.3 is 19.5 Å². The highest BCUT2D eigenvalue weighted by Crippen LogP contribution is 2.34. The Morgan fingerprint density at radius 1 is 1.15 bits per heavy atom. The molecule has 0 unspecified atom stereocenters. The number of benzene rings is 1. The lowest BCUT2D eigenvalue weighted by molar-refractivity contribution is 0.0945. The predicted molar refractivity (Wildman–Crippen MR) is 99.2 cm³/mol. The zero-order valence-corrected chi connectivity index (χ0v) is 15.5. The largest absolute Gasteiger partial charge is 0.496 e. The van der Waals surface area contributed by atoms with Crippen molar-refractivity contribution in [3.05, 3.63) is 47.0 Å². The minimum absolute atomic E-state index is 0.233. The van der Waals surface area contributed by atoms with Crippen molar-refractivity contribution in [3.63, 3.8) is 0 Å². The molecule has 0 atom stereocenters. The Morgan fingerprint density at radius 2 is 1.88 bits per heavy atom. The van der Waals surface area contributed by atoms with Crippen molar-refractivity contribution in [1.82, 2.24) is 15.5 Å². The number of carbonyl (C=O) groups excluding carboxylic acids is 1. The van der Waals surface area contributed by atoms with Gasteiger partial charge in [0.1, 0.15) is 17.2 Å². The van der Waals surface area contributed by atoms with E-state index in [1.807, 2.05) is 17.5 Å². The number of amides is 1.